The summed E-state index contributed by atoms with van der Waals surface area (Å²) in [6.07, 6.45) is 1.59. The number of anilines is 1. The summed E-state index contributed by atoms with van der Waals surface area (Å²) in [7, 11) is 0. The van der Waals surface area contributed by atoms with Gasteiger partial charge in [-0.05, 0) is 54.6 Å². The minimum atomic E-state index is -0.353. The molecular formula is C18H15FN2O2S. The van der Waals surface area contributed by atoms with Gasteiger partial charge in [0.25, 0.3) is 11.1 Å². The van der Waals surface area contributed by atoms with Crippen LogP contribution in [0.15, 0.2) is 53.4 Å². The zero-order valence-corrected chi connectivity index (χ0v) is 13.8. The molecule has 1 fully saturated rings. The predicted octanol–water partition coefficient (Wildman–Crippen LogP) is 4.24. The van der Waals surface area contributed by atoms with Crippen LogP contribution in [-0.2, 0) is 4.79 Å². The van der Waals surface area contributed by atoms with Gasteiger partial charge in [-0.3, -0.25) is 14.5 Å². The number of nitrogens with one attached hydrogen (secondary N) is 1. The van der Waals surface area contributed by atoms with Crippen molar-refractivity contribution in [3.8, 4) is 0 Å². The van der Waals surface area contributed by atoms with Crippen LogP contribution in [0.2, 0.25) is 0 Å². The molecule has 2 amide bonds. The Bertz CT molecular complexity index is 801. The van der Waals surface area contributed by atoms with E-state index in [1.807, 2.05) is 31.2 Å². The molecule has 1 aliphatic rings. The Morgan fingerprint density at radius 1 is 1.08 bits per heavy atom. The van der Waals surface area contributed by atoms with Crippen molar-refractivity contribution in [3.05, 3.63) is 70.4 Å². The first-order valence-electron chi connectivity index (χ1n) is 7.34. The summed E-state index contributed by atoms with van der Waals surface area (Å²) < 4.78 is 12.9. The highest BCUT2D eigenvalue weighted by Gasteiger charge is 2.34. The number of amides is 2. The minimum Gasteiger partial charge on any atom is -0.367 e. The number of hydrogen-bond donors (Lipinski definition) is 1. The van der Waals surface area contributed by atoms with Crippen LogP contribution in [0.25, 0.3) is 6.08 Å². The summed E-state index contributed by atoms with van der Waals surface area (Å²) >= 11 is 0.883. The minimum absolute atomic E-state index is 0.106. The zero-order chi connectivity index (χ0) is 17.1. The third kappa shape index (κ3) is 3.65. The third-order valence-electron chi connectivity index (χ3n) is 3.53. The van der Waals surface area contributed by atoms with Crippen molar-refractivity contribution in [2.24, 2.45) is 0 Å². The van der Waals surface area contributed by atoms with Crippen LogP contribution < -0.4 is 5.32 Å². The van der Waals surface area contributed by atoms with Crippen molar-refractivity contribution >= 4 is 34.7 Å². The van der Waals surface area contributed by atoms with E-state index in [4.69, 9.17) is 0 Å². The smallest absolute Gasteiger partial charge is 0.295 e. The van der Waals surface area contributed by atoms with Crippen LogP contribution in [0.1, 0.15) is 11.1 Å². The van der Waals surface area contributed by atoms with Crippen LogP contribution in [0, 0.1) is 12.7 Å². The lowest BCUT2D eigenvalue weighted by molar-refractivity contribution is -0.122. The number of halogens is 1. The molecule has 0 spiro atoms. The summed E-state index contributed by atoms with van der Waals surface area (Å²) in [4.78, 5) is 25.9. The molecule has 1 aliphatic heterocycles. The van der Waals surface area contributed by atoms with Gasteiger partial charge in [-0.1, -0.05) is 29.8 Å². The fourth-order valence-electron chi connectivity index (χ4n) is 2.19. The van der Waals surface area contributed by atoms with Crippen molar-refractivity contribution in [2.75, 3.05) is 12.0 Å². The van der Waals surface area contributed by atoms with Crippen LogP contribution >= 0.6 is 11.8 Å². The summed E-state index contributed by atoms with van der Waals surface area (Å²) in [5.74, 6) is -0.698. The molecule has 6 heteroatoms. The first-order valence-corrected chi connectivity index (χ1v) is 8.16. The summed E-state index contributed by atoms with van der Waals surface area (Å²) in [6, 6.07) is 13.4. The highest BCUT2D eigenvalue weighted by molar-refractivity contribution is 8.18. The lowest BCUT2D eigenvalue weighted by Crippen LogP contribution is -2.33. The van der Waals surface area contributed by atoms with E-state index in [1.54, 1.807) is 18.2 Å². The highest BCUT2D eigenvalue weighted by atomic mass is 32.2. The van der Waals surface area contributed by atoms with Crippen LogP contribution in [-0.4, -0.2) is 22.7 Å². The Hall–Kier alpha value is -2.60. The van der Waals surface area contributed by atoms with E-state index in [0.717, 1.165) is 27.9 Å². The molecule has 0 aromatic heterocycles. The Morgan fingerprint density at radius 2 is 1.75 bits per heavy atom. The number of benzene rings is 2. The Labute approximate surface area is 143 Å². The van der Waals surface area contributed by atoms with Gasteiger partial charge in [-0.15, -0.1) is 0 Å². The van der Waals surface area contributed by atoms with E-state index in [2.05, 4.69) is 5.32 Å². The molecule has 3 rings (SSSR count). The standard InChI is InChI=1S/C18H15FN2O2S/c1-12-2-8-15(9-3-12)20-11-21-17(22)16(24-18(21)23)10-13-4-6-14(19)7-5-13/h2-10,20H,11H2,1H3. The molecule has 4 nitrogen and oxygen atoms in total. The molecule has 0 bridgehead atoms. The van der Waals surface area contributed by atoms with E-state index in [-0.39, 0.29) is 23.6 Å². The van der Waals surface area contributed by atoms with Gasteiger partial charge in [0.1, 0.15) is 5.82 Å². The second-order valence-electron chi connectivity index (χ2n) is 5.36. The molecule has 1 heterocycles. The van der Waals surface area contributed by atoms with E-state index in [1.165, 1.54) is 12.1 Å². The van der Waals surface area contributed by atoms with Crippen molar-refractivity contribution in [2.45, 2.75) is 6.92 Å². The summed E-state index contributed by atoms with van der Waals surface area (Å²) in [5.41, 5.74) is 2.64. The molecule has 0 atom stereocenters. The maximum atomic E-state index is 12.9. The van der Waals surface area contributed by atoms with Crippen LogP contribution in [0.3, 0.4) is 0 Å². The number of carbonyl (C=O) groups is 2. The number of rotatable bonds is 4. The lowest BCUT2D eigenvalue weighted by atomic mass is 10.2. The van der Waals surface area contributed by atoms with Gasteiger partial charge in [0.2, 0.25) is 0 Å². The van der Waals surface area contributed by atoms with Crippen molar-refractivity contribution in [3.63, 3.8) is 0 Å². The Kier molecular flexibility index (Phi) is 4.66. The van der Waals surface area contributed by atoms with E-state index >= 15 is 0 Å². The average molecular weight is 342 g/mol. The maximum Gasteiger partial charge on any atom is 0.295 e. The number of imide groups is 1. The van der Waals surface area contributed by atoms with E-state index < -0.39 is 0 Å². The van der Waals surface area contributed by atoms with Crippen LogP contribution in [0.5, 0.6) is 0 Å². The fraction of sp³-hybridized carbons (Fsp3) is 0.111. The predicted molar refractivity (Wildman–Crippen MR) is 93.9 cm³/mol. The summed E-state index contributed by atoms with van der Waals surface area (Å²) in [5, 5.41) is 2.73. The number of hydrogen-bond acceptors (Lipinski definition) is 4. The topological polar surface area (TPSA) is 49.4 Å². The molecule has 1 N–H and O–H groups in total. The van der Waals surface area contributed by atoms with Gasteiger partial charge < -0.3 is 5.32 Å². The number of nitrogens with zero attached hydrogens (tertiary/aromatic N) is 1. The number of thioether (sulfide) groups is 1. The Balaban J connectivity index is 1.69. The quantitative estimate of drug-likeness (QED) is 0.845. The largest absolute Gasteiger partial charge is 0.367 e. The number of carbonyl (C=O) groups excluding carboxylic acids is 2. The third-order valence-corrected chi connectivity index (χ3v) is 4.44. The first-order chi connectivity index (χ1) is 11.5. The molecule has 0 radical (unpaired) electrons. The summed E-state index contributed by atoms with van der Waals surface area (Å²) in [6.45, 7) is 2.09. The second kappa shape index (κ2) is 6.88. The van der Waals surface area contributed by atoms with Gasteiger partial charge in [0.15, 0.2) is 0 Å². The molecule has 2 aromatic rings. The van der Waals surface area contributed by atoms with Gasteiger partial charge in [0, 0.05) is 5.69 Å². The molecule has 1 saturated heterocycles. The van der Waals surface area contributed by atoms with Crippen molar-refractivity contribution in [1.82, 2.24) is 4.90 Å². The average Bonchev–Trinajstić information content (AvgIpc) is 2.83. The zero-order valence-electron chi connectivity index (χ0n) is 13.0. The first kappa shape index (κ1) is 16.3. The molecule has 0 saturated carbocycles. The maximum absolute atomic E-state index is 12.9. The van der Waals surface area contributed by atoms with Gasteiger partial charge >= 0.3 is 0 Å². The Morgan fingerprint density at radius 3 is 2.42 bits per heavy atom. The van der Waals surface area contributed by atoms with Gasteiger partial charge in [0.05, 0.1) is 11.6 Å². The molecular weight excluding hydrogens is 327 g/mol. The molecule has 0 unspecified atom stereocenters. The fourth-order valence-corrected chi connectivity index (χ4v) is 3.03. The molecule has 0 aliphatic carbocycles. The van der Waals surface area contributed by atoms with Crippen molar-refractivity contribution < 1.29 is 14.0 Å². The number of aryl methyl sites for hydroxylation is 1. The van der Waals surface area contributed by atoms with Crippen LogP contribution in [0.4, 0.5) is 14.9 Å². The van der Waals surface area contributed by atoms with Gasteiger partial charge in [-0.25, -0.2) is 4.39 Å². The second-order valence-corrected chi connectivity index (χ2v) is 6.36. The van der Waals surface area contributed by atoms with E-state index in [9.17, 15) is 14.0 Å². The highest BCUT2D eigenvalue weighted by Crippen LogP contribution is 2.32. The molecule has 122 valence electrons. The SMILES string of the molecule is Cc1ccc(NCN2C(=O)SC(=Cc3ccc(F)cc3)C2=O)cc1. The van der Waals surface area contributed by atoms with E-state index in [0.29, 0.717) is 10.5 Å². The monoisotopic (exact) mass is 342 g/mol. The van der Waals surface area contributed by atoms with Gasteiger partial charge in [-0.2, -0.15) is 0 Å². The normalized spacial score (nSPS) is 16.1. The molecule has 24 heavy (non-hydrogen) atoms. The molecule has 2 aromatic carbocycles. The lowest BCUT2D eigenvalue weighted by Gasteiger charge is -2.14. The van der Waals surface area contributed by atoms with Crippen molar-refractivity contribution in [1.29, 1.82) is 0 Å².